The number of carbonyl (C=O) groups is 2. The van der Waals surface area contributed by atoms with Crippen LogP contribution in [-0.4, -0.2) is 22.1 Å². The third-order valence-electron chi connectivity index (χ3n) is 2.53. The van der Waals surface area contributed by atoms with Crippen molar-refractivity contribution in [3.8, 4) is 0 Å². The Morgan fingerprint density at radius 2 is 1.90 bits per heavy atom. The van der Waals surface area contributed by atoms with Crippen LogP contribution in [0.3, 0.4) is 0 Å². The normalized spacial score (nSPS) is 9.80. The SMILES string of the molecule is O=C(NCc1ccccc1)Nc1ccnc(C(=O)O)c1. The van der Waals surface area contributed by atoms with Gasteiger partial charge in [-0.25, -0.2) is 14.6 Å². The molecule has 1 heterocycles. The molecular formula is C14H13N3O3. The van der Waals surface area contributed by atoms with Crippen LogP contribution < -0.4 is 10.6 Å². The molecule has 20 heavy (non-hydrogen) atoms. The first kappa shape index (κ1) is 13.5. The summed E-state index contributed by atoms with van der Waals surface area (Å²) in [6, 6.07) is 11.9. The molecule has 0 aliphatic heterocycles. The molecule has 3 N–H and O–H groups in total. The molecule has 0 saturated heterocycles. The Kier molecular flexibility index (Phi) is 4.28. The highest BCUT2D eigenvalue weighted by Crippen LogP contribution is 2.07. The van der Waals surface area contributed by atoms with Gasteiger partial charge in [-0.2, -0.15) is 0 Å². The zero-order chi connectivity index (χ0) is 14.4. The monoisotopic (exact) mass is 271 g/mol. The summed E-state index contributed by atoms with van der Waals surface area (Å²) < 4.78 is 0. The van der Waals surface area contributed by atoms with Gasteiger partial charge < -0.3 is 15.7 Å². The second-order valence-corrected chi connectivity index (χ2v) is 4.03. The van der Waals surface area contributed by atoms with E-state index in [1.54, 1.807) is 0 Å². The number of anilines is 1. The van der Waals surface area contributed by atoms with E-state index in [9.17, 15) is 9.59 Å². The van der Waals surface area contributed by atoms with Gasteiger partial charge in [-0.05, 0) is 17.7 Å². The van der Waals surface area contributed by atoms with Crippen LogP contribution in [0.4, 0.5) is 10.5 Å². The number of nitrogens with zero attached hydrogens (tertiary/aromatic N) is 1. The molecule has 0 atom stereocenters. The zero-order valence-corrected chi connectivity index (χ0v) is 10.5. The van der Waals surface area contributed by atoms with Crippen molar-refractivity contribution >= 4 is 17.7 Å². The van der Waals surface area contributed by atoms with Crippen molar-refractivity contribution in [2.24, 2.45) is 0 Å². The summed E-state index contributed by atoms with van der Waals surface area (Å²) in [4.78, 5) is 26.1. The van der Waals surface area contributed by atoms with Crippen LogP contribution in [-0.2, 0) is 6.54 Å². The van der Waals surface area contributed by atoms with Crippen molar-refractivity contribution in [1.82, 2.24) is 10.3 Å². The van der Waals surface area contributed by atoms with Crippen LogP contribution in [0.1, 0.15) is 16.1 Å². The molecule has 0 saturated carbocycles. The maximum atomic E-state index is 11.7. The maximum absolute atomic E-state index is 11.7. The molecule has 6 nitrogen and oxygen atoms in total. The van der Waals surface area contributed by atoms with E-state index in [-0.39, 0.29) is 5.69 Å². The van der Waals surface area contributed by atoms with Gasteiger partial charge in [0.2, 0.25) is 0 Å². The van der Waals surface area contributed by atoms with E-state index >= 15 is 0 Å². The summed E-state index contributed by atoms with van der Waals surface area (Å²) in [7, 11) is 0. The highest BCUT2D eigenvalue weighted by molar-refractivity contribution is 5.91. The maximum Gasteiger partial charge on any atom is 0.354 e. The summed E-state index contributed by atoms with van der Waals surface area (Å²) in [5.41, 5.74) is 1.23. The van der Waals surface area contributed by atoms with Crippen LogP contribution in [0.15, 0.2) is 48.7 Å². The lowest BCUT2D eigenvalue weighted by Gasteiger charge is -2.07. The van der Waals surface area contributed by atoms with Crippen LogP contribution in [0, 0.1) is 0 Å². The number of urea groups is 1. The highest BCUT2D eigenvalue weighted by atomic mass is 16.4. The van der Waals surface area contributed by atoms with E-state index in [2.05, 4.69) is 15.6 Å². The summed E-state index contributed by atoms with van der Waals surface area (Å²) in [6.45, 7) is 0.392. The number of carboxylic acids is 1. The third kappa shape index (κ3) is 3.81. The number of hydrogen-bond acceptors (Lipinski definition) is 3. The minimum Gasteiger partial charge on any atom is -0.477 e. The fraction of sp³-hybridized carbons (Fsp3) is 0.0714. The van der Waals surface area contributed by atoms with Crippen molar-refractivity contribution in [2.45, 2.75) is 6.54 Å². The molecule has 2 rings (SSSR count). The number of hydrogen-bond donors (Lipinski definition) is 3. The molecule has 0 radical (unpaired) electrons. The van der Waals surface area contributed by atoms with Gasteiger partial charge in [0.25, 0.3) is 0 Å². The summed E-state index contributed by atoms with van der Waals surface area (Å²) >= 11 is 0. The summed E-state index contributed by atoms with van der Waals surface area (Å²) in [5, 5.41) is 14.0. The largest absolute Gasteiger partial charge is 0.477 e. The molecular weight excluding hydrogens is 258 g/mol. The average Bonchev–Trinajstić information content (AvgIpc) is 2.46. The van der Waals surface area contributed by atoms with Crippen LogP contribution >= 0.6 is 0 Å². The quantitative estimate of drug-likeness (QED) is 0.794. The lowest BCUT2D eigenvalue weighted by molar-refractivity contribution is 0.0690. The smallest absolute Gasteiger partial charge is 0.354 e. The molecule has 102 valence electrons. The van der Waals surface area contributed by atoms with Gasteiger partial charge in [0.05, 0.1) is 0 Å². The first-order chi connectivity index (χ1) is 9.65. The lowest BCUT2D eigenvalue weighted by Crippen LogP contribution is -2.28. The minimum absolute atomic E-state index is 0.120. The van der Waals surface area contributed by atoms with Gasteiger partial charge in [0.15, 0.2) is 0 Å². The second kappa shape index (κ2) is 6.33. The molecule has 2 aromatic rings. The van der Waals surface area contributed by atoms with Crippen LogP contribution in [0.25, 0.3) is 0 Å². The Bertz CT molecular complexity index is 614. The molecule has 0 unspecified atom stereocenters. The Morgan fingerprint density at radius 3 is 2.60 bits per heavy atom. The fourth-order valence-corrected chi connectivity index (χ4v) is 1.58. The molecule has 2 amide bonds. The fourth-order valence-electron chi connectivity index (χ4n) is 1.58. The van der Waals surface area contributed by atoms with Gasteiger partial charge in [-0.3, -0.25) is 0 Å². The van der Waals surface area contributed by atoms with Gasteiger partial charge in [0, 0.05) is 18.4 Å². The van der Waals surface area contributed by atoms with E-state index in [1.165, 1.54) is 18.3 Å². The Labute approximate surface area is 115 Å². The number of carboxylic acid groups (broad SMARTS) is 1. The molecule has 1 aromatic carbocycles. The second-order valence-electron chi connectivity index (χ2n) is 4.03. The van der Waals surface area contributed by atoms with Gasteiger partial charge >= 0.3 is 12.0 Å². The van der Waals surface area contributed by atoms with Crippen molar-refractivity contribution in [2.75, 3.05) is 5.32 Å². The van der Waals surface area contributed by atoms with E-state index in [0.717, 1.165) is 5.56 Å². The van der Waals surface area contributed by atoms with E-state index in [1.807, 2.05) is 30.3 Å². The number of benzene rings is 1. The number of aromatic carboxylic acids is 1. The summed E-state index contributed by atoms with van der Waals surface area (Å²) in [6.07, 6.45) is 1.33. The van der Waals surface area contributed by atoms with Gasteiger partial charge in [-0.1, -0.05) is 30.3 Å². The standard InChI is InChI=1S/C14H13N3O3/c18-13(19)12-8-11(6-7-15-12)17-14(20)16-9-10-4-2-1-3-5-10/h1-8H,9H2,(H,18,19)(H2,15,16,17,20). The molecule has 0 bridgehead atoms. The number of pyridine rings is 1. The first-order valence-electron chi connectivity index (χ1n) is 5.93. The van der Waals surface area contributed by atoms with Crippen molar-refractivity contribution in [1.29, 1.82) is 0 Å². The average molecular weight is 271 g/mol. The number of rotatable bonds is 4. The molecule has 0 spiro atoms. The molecule has 0 fully saturated rings. The lowest BCUT2D eigenvalue weighted by atomic mass is 10.2. The molecule has 0 aliphatic rings. The number of aromatic nitrogens is 1. The molecule has 6 heteroatoms. The number of amides is 2. The Hall–Kier alpha value is -2.89. The zero-order valence-electron chi connectivity index (χ0n) is 10.5. The van der Waals surface area contributed by atoms with Gasteiger partial charge in [-0.15, -0.1) is 0 Å². The van der Waals surface area contributed by atoms with Gasteiger partial charge in [0.1, 0.15) is 5.69 Å². The van der Waals surface area contributed by atoms with E-state index in [4.69, 9.17) is 5.11 Å². The third-order valence-corrected chi connectivity index (χ3v) is 2.53. The Morgan fingerprint density at radius 1 is 1.15 bits per heavy atom. The Balaban J connectivity index is 1.91. The highest BCUT2D eigenvalue weighted by Gasteiger charge is 2.07. The van der Waals surface area contributed by atoms with Crippen LogP contribution in [0.2, 0.25) is 0 Å². The van der Waals surface area contributed by atoms with Crippen LogP contribution in [0.5, 0.6) is 0 Å². The van der Waals surface area contributed by atoms with Crippen molar-refractivity contribution < 1.29 is 14.7 Å². The first-order valence-corrected chi connectivity index (χ1v) is 5.93. The van der Waals surface area contributed by atoms with E-state index < -0.39 is 12.0 Å². The predicted octanol–water partition coefficient (Wildman–Crippen LogP) is 2.10. The van der Waals surface area contributed by atoms with Crippen molar-refractivity contribution in [3.63, 3.8) is 0 Å². The topological polar surface area (TPSA) is 91.3 Å². The van der Waals surface area contributed by atoms with Crippen molar-refractivity contribution in [3.05, 3.63) is 59.9 Å². The van der Waals surface area contributed by atoms with E-state index in [0.29, 0.717) is 12.2 Å². The number of carbonyl (C=O) groups excluding carboxylic acids is 1. The molecule has 1 aromatic heterocycles. The predicted molar refractivity (Wildman–Crippen MR) is 73.5 cm³/mol. The summed E-state index contributed by atoms with van der Waals surface area (Å²) in [5.74, 6) is -1.14. The number of nitrogens with one attached hydrogen (secondary N) is 2. The molecule has 0 aliphatic carbocycles. The minimum atomic E-state index is -1.14.